The normalized spacial score (nSPS) is 11.8. The fourth-order valence-electron chi connectivity index (χ4n) is 2.44. The van der Waals surface area contributed by atoms with Crippen LogP contribution in [0.1, 0.15) is 25.1 Å². The van der Waals surface area contributed by atoms with Gasteiger partial charge in [0.05, 0.1) is 12.5 Å². The number of methoxy groups -OCH3 is 1. The highest BCUT2D eigenvalue weighted by Gasteiger charge is 2.34. The van der Waals surface area contributed by atoms with Crippen LogP contribution in [0.2, 0.25) is 0 Å². The van der Waals surface area contributed by atoms with Gasteiger partial charge in [0.25, 0.3) is 0 Å². The monoisotopic (exact) mass is 231 g/mol. The number of H-pyrrole nitrogens is 1. The van der Waals surface area contributed by atoms with E-state index in [4.69, 9.17) is 4.74 Å². The Balaban J connectivity index is 2.70. The molecular weight excluding hydrogens is 214 g/mol. The number of esters is 1. The molecule has 1 aromatic heterocycles. The molecule has 0 atom stereocenters. The molecule has 2 aromatic rings. The highest BCUT2D eigenvalue weighted by molar-refractivity contribution is 5.93. The zero-order chi connectivity index (χ0) is 12.6. The molecule has 0 spiro atoms. The predicted octanol–water partition coefficient (Wildman–Crippen LogP) is 2.93. The first-order chi connectivity index (χ1) is 7.98. The molecule has 0 aliphatic carbocycles. The number of carbonyl (C=O) groups excluding carboxylic acids is 1. The lowest BCUT2D eigenvalue weighted by atomic mass is 9.83. The van der Waals surface area contributed by atoms with Crippen molar-refractivity contribution in [1.29, 1.82) is 0 Å². The number of aromatic amines is 1. The molecule has 0 unspecified atom stereocenters. The number of carbonyl (C=O) groups is 1. The van der Waals surface area contributed by atoms with E-state index >= 15 is 0 Å². The molecule has 0 amide bonds. The van der Waals surface area contributed by atoms with Crippen LogP contribution in [0, 0.1) is 6.92 Å². The van der Waals surface area contributed by atoms with Gasteiger partial charge >= 0.3 is 5.97 Å². The third kappa shape index (κ3) is 1.71. The van der Waals surface area contributed by atoms with Crippen LogP contribution in [0.15, 0.2) is 24.3 Å². The summed E-state index contributed by atoms with van der Waals surface area (Å²) in [7, 11) is 1.42. The van der Waals surface area contributed by atoms with Gasteiger partial charge in [0.2, 0.25) is 0 Å². The fourth-order valence-corrected chi connectivity index (χ4v) is 2.44. The molecule has 90 valence electrons. The van der Waals surface area contributed by atoms with E-state index in [0.29, 0.717) is 0 Å². The zero-order valence-corrected chi connectivity index (χ0v) is 10.6. The van der Waals surface area contributed by atoms with E-state index in [1.807, 2.05) is 45.0 Å². The van der Waals surface area contributed by atoms with Crippen molar-refractivity contribution in [3.8, 4) is 0 Å². The maximum Gasteiger partial charge on any atom is 0.315 e. The van der Waals surface area contributed by atoms with Crippen LogP contribution in [0.4, 0.5) is 0 Å². The number of fused-ring (bicyclic) bond motifs is 1. The number of aryl methyl sites for hydroxylation is 1. The summed E-state index contributed by atoms with van der Waals surface area (Å²) in [6.45, 7) is 5.77. The molecule has 3 heteroatoms. The second-order valence-corrected chi connectivity index (χ2v) is 4.79. The molecule has 0 fully saturated rings. The Hall–Kier alpha value is -1.77. The number of benzene rings is 1. The predicted molar refractivity (Wildman–Crippen MR) is 68.1 cm³/mol. The minimum atomic E-state index is -0.640. The molecule has 0 radical (unpaired) electrons. The molecular formula is C14H17NO2. The van der Waals surface area contributed by atoms with Gasteiger partial charge in [-0.15, -0.1) is 0 Å². The van der Waals surface area contributed by atoms with Crippen molar-refractivity contribution < 1.29 is 9.53 Å². The summed E-state index contributed by atoms with van der Waals surface area (Å²) in [6.07, 6.45) is 0. The highest BCUT2D eigenvalue weighted by Crippen LogP contribution is 2.34. The van der Waals surface area contributed by atoms with Gasteiger partial charge in [0.1, 0.15) is 0 Å². The molecule has 0 saturated heterocycles. The number of para-hydroxylation sites is 1. The topological polar surface area (TPSA) is 42.1 Å². The maximum atomic E-state index is 11.9. The summed E-state index contributed by atoms with van der Waals surface area (Å²) in [4.78, 5) is 15.2. The van der Waals surface area contributed by atoms with E-state index in [1.165, 1.54) is 7.11 Å². The Labute approximate surface area is 101 Å². The van der Waals surface area contributed by atoms with E-state index in [2.05, 4.69) is 4.98 Å². The molecule has 0 saturated carbocycles. The third-order valence-corrected chi connectivity index (χ3v) is 3.21. The molecule has 2 rings (SSSR count). The largest absolute Gasteiger partial charge is 0.468 e. The smallest absolute Gasteiger partial charge is 0.315 e. The van der Waals surface area contributed by atoms with Gasteiger partial charge in [-0.3, -0.25) is 4.79 Å². The molecule has 3 nitrogen and oxygen atoms in total. The number of hydrogen-bond donors (Lipinski definition) is 1. The van der Waals surface area contributed by atoms with Crippen LogP contribution >= 0.6 is 0 Å². The maximum absolute atomic E-state index is 11.9. The Morgan fingerprint density at radius 2 is 1.94 bits per heavy atom. The molecule has 1 aromatic carbocycles. The lowest BCUT2D eigenvalue weighted by molar-refractivity contribution is -0.146. The van der Waals surface area contributed by atoms with Crippen LogP contribution in [0.3, 0.4) is 0 Å². The van der Waals surface area contributed by atoms with Gasteiger partial charge < -0.3 is 9.72 Å². The SMILES string of the molecule is COC(=O)C(C)(C)c1c(C)[nH]c2ccccc12. The van der Waals surface area contributed by atoms with Crippen molar-refractivity contribution >= 4 is 16.9 Å². The lowest BCUT2D eigenvalue weighted by Gasteiger charge is -2.22. The van der Waals surface area contributed by atoms with E-state index < -0.39 is 5.41 Å². The Morgan fingerprint density at radius 3 is 2.59 bits per heavy atom. The summed E-state index contributed by atoms with van der Waals surface area (Å²) in [6, 6.07) is 8.00. The van der Waals surface area contributed by atoms with Crippen molar-refractivity contribution in [1.82, 2.24) is 4.98 Å². The van der Waals surface area contributed by atoms with E-state index in [0.717, 1.165) is 22.2 Å². The van der Waals surface area contributed by atoms with Crippen molar-refractivity contribution in [2.75, 3.05) is 7.11 Å². The number of nitrogens with one attached hydrogen (secondary N) is 1. The van der Waals surface area contributed by atoms with Gasteiger partial charge in [0, 0.05) is 16.6 Å². The summed E-state index contributed by atoms with van der Waals surface area (Å²) in [5.74, 6) is -0.217. The number of ether oxygens (including phenoxy) is 1. The van der Waals surface area contributed by atoms with Gasteiger partial charge in [0.15, 0.2) is 0 Å². The van der Waals surface area contributed by atoms with Gasteiger partial charge in [-0.05, 0) is 32.4 Å². The van der Waals surface area contributed by atoms with Gasteiger partial charge in [-0.25, -0.2) is 0 Å². The Morgan fingerprint density at radius 1 is 1.29 bits per heavy atom. The lowest BCUT2D eigenvalue weighted by Crippen LogP contribution is -2.30. The summed E-state index contributed by atoms with van der Waals surface area (Å²) < 4.78 is 4.89. The second-order valence-electron chi connectivity index (χ2n) is 4.79. The van der Waals surface area contributed by atoms with Gasteiger partial charge in [-0.1, -0.05) is 18.2 Å². The number of rotatable bonds is 2. The van der Waals surface area contributed by atoms with Crippen LogP contribution in [0.25, 0.3) is 10.9 Å². The molecule has 1 N–H and O–H groups in total. The zero-order valence-electron chi connectivity index (χ0n) is 10.6. The first kappa shape index (κ1) is 11.7. The quantitative estimate of drug-likeness (QED) is 0.807. The Bertz CT molecular complexity index is 567. The van der Waals surface area contributed by atoms with Crippen molar-refractivity contribution in [2.45, 2.75) is 26.2 Å². The second kappa shape index (κ2) is 3.91. The van der Waals surface area contributed by atoms with Crippen molar-refractivity contribution in [3.05, 3.63) is 35.5 Å². The average Bonchev–Trinajstić information content (AvgIpc) is 2.64. The Kier molecular flexibility index (Phi) is 2.69. The first-order valence-corrected chi connectivity index (χ1v) is 5.64. The van der Waals surface area contributed by atoms with Crippen LogP contribution in [-0.2, 0) is 14.9 Å². The van der Waals surface area contributed by atoms with Crippen molar-refractivity contribution in [3.63, 3.8) is 0 Å². The standard InChI is InChI=1S/C14H17NO2/c1-9-12(14(2,3)13(16)17-4)10-7-5-6-8-11(10)15-9/h5-8,15H,1-4H3. The highest BCUT2D eigenvalue weighted by atomic mass is 16.5. The molecule has 17 heavy (non-hydrogen) atoms. The summed E-state index contributed by atoms with van der Waals surface area (Å²) >= 11 is 0. The average molecular weight is 231 g/mol. The van der Waals surface area contributed by atoms with Crippen LogP contribution in [0.5, 0.6) is 0 Å². The van der Waals surface area contributed by atoms with Gasteiger partial charge in [-0.2, -0.15) is 0 Å². The third-order valence-electron chi connectivity index (χ3n) is 3.21. The molecule has 0 bridgehead atoms. The van der Waals surface area contributed by atoms with Crippen LogP contribution in [-0.4, -0.2) is 18.1 Å². The van der Waals surface area contributed by atoms with Crippen LogP contribution < -0.4 is 0 Å². The number of aromatic nitrogens is 1. The number of hydrogen-bond acceptors (Lipinski definition) is 2. The first-order valence-electron chi connectivity index (χ1n) is 5.64. The fraction of sp³-hybridized carbons (Fsp3) is 0.357. The van der Waals surface area contributed by atoms with E-state index in [1.54, 1.807) is 0 Å². The van der Waals surface area contributed by atoms with Crippen molar-refractivity contribution in [2.24, 2.45) is 0 Å². The minimum absolute atomic E-state index is 0.217. The van der Waals surface area contributed by atoms with E-state index in [-0.39, 0.29) is 5.97 Å². The molecule has 1 heterocycles. The summed E-state index contributed by atoms with van der Waals surface area (Å²) in [5, 5.41) is 1.08. The molecule has 0 aliphatic heterocycles. The minimum Gasteiger partial charge on any atom is -0.468 e. The molecule has 0 aliphatic rings. The summed E-state index contributed by atoms with van der Waals surface area (Å²) in [5.41, 5.74) is 2.44. The van der Waals surface area contributed by atoms with E-state index in [9.17, 15) is 4.79 Å².